The summed E-state index contributed by atoms with van der Waals surface area (Å²) in [5.41, 5.74) is 1.69. The fourth-order valence-corrected chi connectivity index (χ4v) is 2.14. The topological polar surface area (TPSA) is 9.23 Å². The van der Waals surface area contributed by atoms with Gasteiger partial charge in [0.2, 0.25) is 0 Å². The highest BCUT2D eigenvalue weighted by atomic mass is 16.5. The Kier molecular flexibility index (Phi) is 3.34. The fourth-order valence-electron chi connectivity index (χ4n) is 2.14. The molecule has 2 aromatic rings. The normalized spacial score (nSPS) is 13.6. The highest BCUT2D eigenvalue weighted by Crippen LogP contribution is 2.35. The van der Waals surface area contributed by atoms with E-state index >= 15 is 0 Å². The molecule has 0 saturated carbocycles. The molecule has 2 rings (SSSR count). The maximum Gasteiger partial charge on any atom is 0.119 e. The molecule has 0 amide bonds. The molecule has 2 aromatic carbocycles. The summed E-state index contributed by atoms with van der Waals surface area (Å²) in [5, 5.41) is 2.52. The van der Waals surface area contributed by atoms with E-state index in [2.05, 4.69) is 58.0 Å². The summed E-state index contributed by atoms with van der Waals surface area (Å²) < 4.78 is 5.25. The second-order valence-corrected chi connectivity index (χ2v) is 6.06. The zero-order valence-corrected chi connectivity index (χ0v) is 11.9. The van der Waals surface area contributed by atoms with Gasteiger partial charge in [0, 0.05) is 0 Å². The second-order valence-electron chi connectivity index (χ2n) is 6.06. The Hall–Kier alpha value is -1.50. The first-order valence-corrected chi connectivity index (χ1v) is 6.49. The second kappa shape index (κ2) is 4.64. The number of hydrogen-bond acceptors (Lipinski definition) is 1. The third-order valence-electron chi connectivity index (χ3n) is 3.87. The molecule has 0 aliphatic carbocycles. The Morgan fingerprint density at radius 2 is 1.56 bits per heavy atom. The van der Waals surface area contributed by atoms with Gasteiger partial charge in [0.1, 0.15) is 5.75 Å². The van der Waals surface area contributed by atoms with Crippen molar-refractivity contribution in [1.29, 1.82) is 0 Å². The fraction of sp³-hybridized carbons (Fsp3) is 0.412. The van der Waals surface area contributed by atoms with Crippen molar-refractivity contribution in [2.24, 2.45) is 5.41 Å². The van der Waals surface area contributed by atoms with Gasteiger partial charge >= 0.3 is 0 Å². The first kappa shape index (κ1) is 12.9. The lowest BCUT2D eigenvalue weighted by Crippen LogP contribution is -2.15. The standard InChI is InChI=1S/C17H22O/c1-12(17(2,3)4)13-6-7-15-11-16(18-5)9-8-14(15)10-13/h6-12H,1-5H3/t12-/m0/s1. The summed E-state index contributed by atoms with van der Waals surface area (Å²) in [6.07, 6.45) is 0. The highest BCUT2D eigenvalue weighted by molar-refractivity contribution is 5.84. The zero-order valence-electron chi connectivity index (χ0n) is 11.9. The summed E-state index contributed by atoms with van der Waals surface area (Å²) >= 11 is 0. The molecule has 1 atom stereocenters. The number of benzene rings is 2. The van der Waals surface area contributed by atoms with Crippen molar-refractivity contribution in [2.45, 2.75) is 33.6 Å². The first-order chi connectivity index (χ1) is 8.41. The van der Waals surface area contributed by atoms with Gasteiger partial charge in [-0.1, -0.05) is 52.0 Å². The van der Waals surface area contributed by atoms with Crippen LogP contribution in [-0.4, -0.2) is 7.11 Å². The van der Waals surface area contributed by atoms with Crippen LogP contribution in [0.5, 0.6) is 5.75 Å². The van der Waals surface area contributed by atoms with Crippen molar-refractivity contribution in [3.05, 3.63) is 42.0 Å². The average molecular weight is 242 g/mol. The average Bonchev–Trinajstić information content (AvgIpc) is 2.35. The van der Waals surface area contributed by atoms with E-state index in [0.717, 1.165) is 5.75 Å². The molecule has 0 fully saturated rings. The van der Waals surface area contributed by atoms with Gasteiger partial charge in [-0.05, 0) is 39.8 Å². The van der Waals surface area contributed by atoms with Crippen LogP contribution in [0.1, 0.15) is 39.2 Å². The number of rotatable bonds is 2. The van der Waals surface area contributed by atoms with Gasteiger partial charge in [-0.3, -0.25) is 0 Å². The SMILES string of the molecule is COc1ccc2cc([C@H](C)C(C)(C)C)ccc2c1. The Morgan fingerprint density at radius 1 is 0.944 bits per heavy atom. The van der Waals surface area contributed by atoms with Gasteiger partial charge in [-0.2, -0.15) is 0 Å². The molecule has 0 aliphatic heterocycles. The van der Waals surface area contributed by atoms with E-state index in [0.29, 0.717) is 11.3 Å². The molecule has 1 heteroatoms. The molecule has 1 nitrogen and oxygen atoms in total. The zero-order chi connectivity index (χ0) is 13.3. The van der Waals surface area contributed by atoms with Crippen LogP contribution >= 0.6 is 0 Å². The smallest absolute Gasteiger partial charge is 0.119 e. The Morgan fingerprint density at radius 3 is 2.17 bits per heavy atom. The van der Waals surface area contributed by atoms with Crippen LogP contribution in [0, 0.1) is 5.41 Å². The molecule has 0 aliphatic rings. The molecule has 0 unspecified atom stereocenters. The number of ether oxygens (including phenoxy) is 1. The molecule has 0 saturated heterocycles. The predicted octanol–water partition coefficient (Wildman–Crippen LogP) is 5.00. The minimum Gasteiger partial charge on any atom is -0.497 e. The molecule has 0 radical (unpaired) electrons. The van der Waals surface area contributed by atoms with Crippen molar-refractivity contribution < 1.29 is 4.74 Å². The van der Waals surface area contributed by atoms with Crippen molar-refractivity contribution in [3.63, 3.8) is 0 Å². The van der Waals surface area contributed by atoms with Gasteiger partial charge < -0.3 is 4.74 Å². The lowest BCUT2D eigenvalue weighted by molar-refractivity contribution is 0.340. The van der Waals surface area contributed by atoms with E-state index in [-0.39, 0.29) is 0 Å². The van der Waals surface area contributed by atoms with Crippen LogP contribution in [0.15, 0.2) is 36.4 Å². The van der Waals surface area contributed by atoms with E-state index < -0.39 is 0 Å². The molecule has 0 aromatic heterocycles. The molecule has 0 bridgehead atoms. The molecular formula is C17H22O. The van der Waals surface area contributed by atoms with Gasteiger partial charge in [-0.15, -0.1) is 0 Å². The van der Waals surface area contributed by atoms with Gasteiger partial charge in [0.15, 0.2) is 0 Å². The van der Waals surface area contributed by atoms with Gasteiger partial charge in [0.25, 0.3) is 0 Å². The van der Waals surface area contributed by atoms with Crippen molar-refractivity contribution in [2.75, 3.05) is 7.11 Å². The van der Waals surface area contributed by atoms with Crippen molar-refractivity contribution >= 4 is 10.8 Å². The molecule has 0 heterocycles. The summed E-state index contributed by atoms with van der Waals surface area (Å²) in [5.74, 6) is 1.46. The maximum atomic E-state index is 5.25. The van der Waals surface area contributed by atoms with Crippen molar-refractivity contribution in [1.82, 2.24) is 0 Å². The molecule has 0 N–H and O–H groups in total. The highest BCUT2D eigenvalue weighted by Gasteiger charge is 2.21. The molecule has 0 spiro atoms. The van der Waals surface area contributed by atoms with E-state index in [1.54, 1.807) is 7.11 Å². The monoisotopic (exact) mass is 242 g/mol. The van der Waals surface area contributed by atoms with Crippen molar-refractivity contribution in [3.8, 4) is 5.75 Å². The Balaban J connectivity index is 2.45. The van der Waals surface area contributed by atoms with E-state index in [4.69, 9.17) is 4.74 Å². The third-order valence-corrected chi connectivity index (χ3v) is 3.87. The third kappa shape index (κ3) is 2.50. The van der Waals surface area contributed by atoms with Crippen LogP contribution < -0.4 is 4.74 Å². The molecule has 18 heavy (non-hydrogen) atoms. The predicted molar refractivity (Wildman–Crippen MR) is 78.4 cm³/mol. The quantitative estimate of drug-likeness (QED) is 0.720. The van der Waals surface area contributed by atoms with E-state index in [9.17, 15) is 0 Å². The van der Waals surface area contributed by atoms with E-state index in [1.807, 2.05) is 6.07 Å². The first-order valence-electron chi connectivity index (χ1n) is 6.49. The summed E-state index contributed by atoms with van der Waals surface area (Å²) in [6, 6.07) is 13.0. The number of hydrogen-bond donors (Lipinski definition) is 0. The summed E-state index contributed by atoms with van der Waals surface area (Å²) in [4.78, 5) is 0. The van der Waals surface area contributed by atoms with Crippen LogP contribution in [-0.2, 0) is 0 Å². The largest absolute Gasteiger partial charge is 0.497 e. The van der Waals surface area contributed by atoms with Crippen LogP contribution in [0.2, 0.25) is 0 Å². The lowest BCUT2D eigenvalue weighted by atomic mass is 9.77. The van der Waals surface area contributed by atoms with Crippen LogP contribution in [0.25, 0.3) is 10.8 Å². The lowest BCUT2D eigenvalue weighted by Gasteiger charge is -2.27. The summed E-state index contributed by atoms with van der Waals surface area (Å²) in [6.45, 7) is 9.16. The summed E-state index contributed by atoms with van der Waals surface area (Å²) in [7, 11) is 1.71. The number of fused-ring (bicyclic) bond motifs is 1. The van der Waals surface area contributed by atoms with Gasteiger partial charge in [-0.25, -0.2) is 0 Å². The maximum absolute atomic E-state index is 5.25. The van der Waals surface area contributed by atoms with Crippen LogP contribution in [0.3, 0.4) is 0 Å². The Labute approximate surface area is 110 Å². The Bertz CT molecular complexity index is 549. The van der Waals surface area contributed by atoms with Crippen LogP contribution in [0.4, 0.5) is 0 Å². The minimum atomic E-state index is 0.292. The number of methoxy groups -OCH3 is 1. The van der Waals surface area contributed by atoms with E-state index in [1.165, 1.54) is 16.3 Å². The molecule has 96 valence electrons. The van der Waals surface area contributed by atoms with Gasteiger partial charge in [0.05, 0.1) is 7.11 Å². The molecular weight excluding hydrogens is 220 g/mol. The minimum absolute atomic E-state index is 0.292.